The van der Waals surface area contributed by atoms with Crippen molar-refractivity contribution < 1.29 is 4.79 Å². The molecule has 1 heterocycles. The lowest BCUT2D eigenvalue weighted by Crippen LogP contribution is -2.54. The first-order chi connectivity index (χ1) is 7.50. The smallest absolute Gasteiger partial charge is 0.153 e. The van der Waals surface area contributed by atoms with Gasteiger partial charge in [-0.2, -0.15) is 0 Å². The van der Waals surface area contributed by atoms with Crippen molar-refractivity contribution in [3.63, 3.8) is 0 Å². The van der Waals surface area contributed by atoms with Crippen molar-refractivity contribution in [2.75, 3.05) is 13.1 Å². The zero-order valence-corrected chi connectivity index (χ0v) is 11.4. The summed E-state index contributed by atoms with van der Waals surface area (Å²) in [5.74, 6) is 0.912. The Morgan fingerprint density at radius 1 is 1.25 bits per heavy atom. The van der Waals surface area contributed by atoms with E-state index in [4.69, 9.17) is 0 Å². The van der Waals surface area contributed by atoms with Crippen LogP contribution in [0.2, 0.25) is 0 Å². The van der Waals surface area contributed by atoms with E-state index in [0.29, 0.717) is 11.7 Å². The molecule has 0 aromatic heterocycles. The summed E-state index contributed by atoms with van der Waals surface area (Å²) in [4.78, 5) is 14.8. The van der Waals surface area contributed by atoms with Crippen molar-refractivity contribution >= 4 is 5.78 Å². The predicted octanol–water partition coefficient (Wildman–Crippen LogP) is 3.26. The molecule has 0 N–H and O–H groups in total. The van der Waals surface area contributed by atoms with Crippen LogP contribution in [0.25, 0.3) is 0 Å². The highest BCUT2D eigenvalue weighted by Gasteiger charge is 2.37. The van der Waals surface area contributed by atoms with Gasteiger partial charge in [0, 0.05) is 6.42 Å². The molecule has 0 aromatic rings. The normalized spacial score (nSPS) is 22.1. The van der Waals surface area contributed by atoms with Gasteiger partial charge in [-0.15, -0.1) is 0 Å². The van der Waals surface area contributed by atoms with Crippen molar-refractivity contribution in [2.24, 2.45) is 5.92 Å². The fourth-order valence-electron chi connectivity index (χ4n) is 2.58. The van der Waals surface area contributed by atoms with Crippen LogP contribution < -0.4 is 0 Å². The average Bonchev–Trinajstić information content (AvgIpc) is 2.28. The molecule has 0 aromatic carbocycles. The Kier molecular flexibility index (Phi) is 4.97. The van der Waals surface area contributed by atoms with Crippen molar-refractivity contribution in [1.29, 1.82) is 0 Å². The number of piperidine rings is 1. The molecular formula is C14H27NO. The molecule has 16 heavy (non-hydrogen) atoms. The highest BCUT2D eigenvalue weighted by Crippen LogP contribution is 2.27. The third kappa shape index (κ3) is 3.07. The third-order valence-corrected chi connectivity index (χ3v) is 3.94. The maximum Gasteiger partial charge on any atom is 0.153 e. The molecule has 1 saturated heterocycles. The van der Waals surface area contributed by atoms with Crippen molar-refractivity contribution in [2.45, 2.75) is 65.3 Å². The van der Waals surface area contributed by atoms with Crippen LogP contribution in [0.3, 0.4) is 0 Å². The van der Waals surface area contributed by atoms with Crippen LogP contribution in [0.1, 0.15) is 59.8 Å². The molecule has 0 bridgehead atoms. The van der Waals surface area contributed by atoms with E-state index in [2.05, 4.69) is 32.6 Å². The predicted molar refractivity (Wildman–Crippen MR) is 68.6 cm³/mol. The van der Waals surface area contributed by atoms with Gasteiger partial charge in [0.25, 0.3) is 0 Å². The highest BCUT2D eigenvalue weighted by atomic mass is 16.1. The molecule has 0 spiro atoms. The number of hydrogen-bond acceptors (Lipinski definition) is 2. The van der Waals surface area contributed by atoms with Crippen LogP contribution in [0.4, 0.5) is 0 Å². The molecule has 1 unspecified atom stereocenters. The van der Waals surface area contributed by atoms with Crippen LogP contribution in [-0.2, 0) is 4.79 Å². The monoisotopic (exact) mass is 225 g/mol. The van der Waals surface area contributed by atoms with Crippen LogP contribution in [-0.4, -0.2) is 29.3 Å². The van der Waals surface area contributed by atoms with E-state index >= 15 is 0 Å². The van der Waals surface area contributed by atoms with E-state index in [-0.39, 0.29) is 5.54 Å². The highest BCUT2D eigenvalue weighted by molar-refractivity contribution is 5.88. The minimum absolute atomic E-state index is 0.204. The van der Waals surface area contributed by atoms with Gasteiger partial charge in [0.05, 0.1) is 5.54 Å². The number of likely N-dealkylation sites (tertiary alicyclic amines) is 1. The number of carbonyl (C=O) groups excluding carboxylic acids is 1. The standard InChI is InChI=1S/C14H27NO/c1-5-14(4,13(16)11-12(2)3)15-9-7-6-8-10-15/h12H,5-11H2,1-4H3. The SMILES string of the molecule is CCC(C)(C(=O)CC(C)C)N1CCCCC1. The topological polar surface area (TPSA) is 20.3 Å². The minimum atomic E-state index is -0.204. The molecule has 94 valence electrons. The van der Waals surface area contributed by atoms with Gasteiger partial charge in [-0.3, -0.25) is 9.69 Å². The van der Waals surface area contributed by atoms with Crippen molar-refractivity contribution in [1.82, 2.24) is 4.90 Å². The summed E-state index contributed by atoms with van der Waals surface area (Å²) >= 11 is 0. The van der Waals surface area contributed by atoms with E-state index < -0.39 is 0 Å². The van der Waals surface area contributed by atoms with Gasteiger partial charge in [0.1, 0.15) is 0 Å². The molecule has 1 fully saturated rings. The van der Waals surface area contributed by atoms with Gasteiger partial charge in [0.15, 0.2) is 5.78 Å². The number of Topliss-reactive ketones (excluding diaryl/α,β-unsaturated/α-hetero) is 1. The van der Waals surface area contributed by atoms with Crippen molar-refractivity contribution in [3.05, 3.63) is 0 Å². The van der Waals surface area contributed by atoms with Gasteiger partial charge in [-0.05, 0) is 45.2 Å². The van der Waals surface area contributed by atoms with E-state index in [9.17, 15) is 4.79 Å². The Bertz CT molecular complexity index is 231. The lowest BCUT2D eigenvalue weighted by molar-refractivity contribution is -0.132. The summed E-state index contributed by atoms with van der Waals surface area (Å²) in [5, 5.41) is 0. The summed E-state index contributed by atoms with van der Waals surface area (Å²) in [6.07, 6.45) is 5.50. The zero-order valence-electron chi connectivity index (χ0n) is 11.4. The molecule has 0 aliphatic carbocycles. The Balaban J connectivity index is 2.70. The van der Waals surface area contributed by atoms with Gasteiger partial charge in [-0.25, -0.2) is 0 Å². The number of carbonyl (C=O) groups is 1. The fourth-order valence-corrected chi connectivity index (χ4v) is 2.58. The molecule has 0 amide bonds. The molecule has 1 atom stereocenters. The summed E-state index contributed by atoms with van der Waals surface area (Å²) in [5.41, 5.74) is -0.204. The Morgan fingerprint density at radius 3 is 2.25 bits per heavy atom. The fraction of sp³-hybridized carbons (Fsp3) is 0.929. The van der Waals surface area contributed by atoms with Crippen LogP contribution >= 0.6 is 0 Å². The van der Waals surface area contributed by atoms with E-state index in [0.717, 1.165) is 25.9 Å². The number of ketones is 1. The molecule has 1 rings (SSSR count). The number of hydrogen-bond donors (Lipinski definition) is 0. The summed E-state index contributed by atoms with van der Waals surface area (Å²) in [7, 11) is 0. The molecule has 2 nitrogen and oxygen atoms in total. The van der Waals surface area contributed by atoms with Gasteiger partial charge < -0.3 is 0 Å². The first-order valence-corrected chi connectivity index (χ1v) is 6.79. The van der Waals surface area contributed by atoms with Gasteiger partial charge >= 0.3 is 0 Å². The van der Waals surface area contributed by atoms with Gasteiger partial charge in [-0.1, -0.05) is 27.2 Å². The Hall–Kier alpha value is -0.370. The molecule has 0 radical (unpaired) electrons. The molecule has 2 heteroatoms. The van der Waals surface area contributed by atoms with E-state index in [1.807, 2.05) is 0 Å². The number of nitrogens with zero attached hydrogens (tertiary/aromatic N) is 1. The summed E-state index contributed by atoms with van der Waals surface area (Å²) in [6, 6.07) is 0. The minimum Gasteiger partial charge on any atom is -0.298 e. The zero-order chi connectivity index (χ0) is 12.2. The lowest BCUT2D eigenvalue weighted by Gasteiger charge is -2.42. The molecular weight excluding hydrogens is 198 g/mol. The largest absolute Gasteiger partial charge is 0.298 e. The van der Waals surface area contributed by atoms with Crippen LogP contribution in [0.15, 0.2) is 0 Å². The van der Waals surface area contributed by atoms with Crippen LogP contribution in [0.5, 0.6) is 0 Å². The Morgan fingerprint density at radius 2 is 1.81 bits per heavy atom. The molecule has 1 aliphatic heterocycles. The first kappa shape index (κ1) is 13.7. The second-order valence-corrected chi connectivity index (χ2v) is 5.70. The first-order valence-electron chi connectivity index (χ1n) is 6.79. The summed E-state index contributed by atoms with van der Waals surface area (Å²) in [6.45, 7) is 10.8. The van der Waals surface area contributed by atoms with Crippen LogP contribution in [0, 0.1) is 5.92 Å². The second kappa shape index (κ2) is 5.81. The number of rotatable bonds is 5. The van der Waals surface area contributed by atoms with E-state index in [1.165, 1.54) is 19.3 Å². The van der Waals surface area contributed by atoms with Gasteiger partial charge in [0.2, 0.25) is 0 Å². The molecule has 0 saturated carbocycles. The maximum absolute atomic E-state index is 12.4. The average molecular weight is 225 g/mol. The van der Waals surface area contributed by atoms with E-state index in [1.54, 1.807) is 0 Å². The third-order valence-electron chi connectivity index (χ3n) is 3.94. The quantitative estimate of drug-likeness (QED) is 0.716. The second-order valence-electron chi connectivity index (χ2n) is 5.70. The summed E-state index contributed by atoms with van der Waals surface area (Å²) < 4.78 is 0. The molecule has 1 aliphatic rings. The Labute approximate surface area is 100 Å². The lowest BCUT2D eigenvalue weighted by atomic mass is 9.85. The maximum atomic E-state index is 12.4. The van der Waals surface area contributed by atoms with Crippen molar-refractivity contribution in [3.8, 4) is 0 Å².